The highest BCUT2D eigenvalue weighted by molar-refractivity contribution is 7.92. The fourth-order valence-electron chi connectivity index (χ4n) is 5.37. The molecule has 2 aliphatic carbocycles. The molecule has 202 valence electrons. The molecule has 2 saturated heterocycles. The van der Waals surface area contributed by atoms with Crippen LogP contribution in [0, 0.1) is 6.92 Å². The number of aromatic nitrogens is 1. The molecule has 8 nitrogen and oxygen atoms in total. The SMILES string of the molecule is Cc1cc(C(=O)NCCN2CCCC2)c(C=C2C(=O)NC3=CCC(S(=O)(=O)CC4=CC(Cl)CC=C4)C=C32)[nH]1. The number of sulfone groups is 1. The molecule has 5 rings (SSSR count). The Morgan fingerprint density at radius 1 is 1.24 bits per heavy atom. The van der Waals surface area contributed by atoms with Gasteiger partial charge in [-0.05, 0) is 63.4 Å². The van der Waals surface area contributed by atoms with Crippen molar-refractivity contribution in [3.8, 4) is 0 Å². The number of rotatable bonds is 8. The number of hydrogen-bond acceptors (Lipinski definition) is 5. The number of hydrogen-bond donors (Lipinski definition) is 3. The van der Waals surface area contributed by atoms with Gasteiger partial charge in [-0.25, -0.2) is 8.42 Å². The lowest BCUT2D eigenvalue weighted by atomic mass is 9.98. The van der Waals surface area contributed by atoms with Crippen molar-refractivity contribution in [1.82, 2.24) is 20.5 Å². The van der Waals surface area contributed by atoms with Crippen LogP contribution < -0.4 is 10.6 Å². The first-order valence-corrected chi connectivity index (χ1v) is 15.2. The zero-order chi connectivity index (χ0) is 26.9. The van der Waals surface area contributed by atoms with E-state index in [-0.39, 0.29) is 29.4 Å². The van der Waals surface area contributed by atoms with Gasteiger partial charge in [0.15, 0.2) is 9.84 Å². The number of alkyl halides is 1. The lowest BCUT2D eigenvalue weighted by molar-refractivity contribution is -0.115. The summed E-state index contributed by atoms with van der Waals surface area (Å²) in [6.45, 7) is 5.34. The van der Waals surface area contributed by atoms with Crippen LogP contribution in [0.15, 0.2) is 58.9 Å². The van der Waals surface area contributed by atoms with E-state index in [0.29, 0.717) is 46.6 Å². The van der Waals surface area contributed by atoms with E-state index in [1.54, 1.807) is 30.4 Å². The Morgan fingerprint density at radius 3 is 2.79 bits per heavy atom. The number of halogens is 1. The van der Waals surface area contributed by atoms with Crippen molar-refractivity contribution in [3.63, 3.8) is 0 Å². The maximum Gasteiger partial charge on any atom is 0.256 e. The zero-order valence-electron chi connectivity index (χ0n) is 21.4. The molecule has 3 heterocycles. The van der Waals surface area contributed by atoms with Crippen LogP contribution in [0.1, 0.15) is 47.4 Å². The summed E-state index contributed by atoms with van der Waals surface area (Å²) >= 11 is 6.17. The van der Waals surface area contributed by atoms with E-state index >= 15 is 0 Å². The second-order valence-corrected chi connectivity index (χ2v) is 13.1. The summed E-state index contributed by atoms with van der Waals surface area (Å²) in [6, 6.07) is 1.76. The molecule has 1 aromatic rings. The number of nitrogens with one attached hydrogen (secondary N) is 3. The summed E-state index contributed by atoms with van der Waals surface area (Å²) < 4.78 is 26.5. The van der Waals surface area contributed by atoms with Gasteiger partial charge in [-0.15, -0.1) is 11.6 Å². The molecule has 4 aliphatic rings. The van der Waals surface area contributed by atoms with Crippen LogP contribution in [0.25, 0.3) is 6.08 Å². The molecular weight excluding hydrogens is 524 g/mol. The van der Waals surface area contributed by atoms with Gasteiger partial charge in [-0.1, -0.05) is 30.4 Å². The van der Waals surface area contributed by atoms with E-state index in [9.17, 15) is 18.0 Å². The quantitative estimate of drug-likeness (QED) is 0.336. The van der Waals surface area contributed by atoms with Crippen molar-refractivity contribution in [2.75, 3.05) is 31.9 Å². The van der Waals surface area contributed by atoms with Crippen LogP contribution in [0.4, 0.5) is 0 Å². The van der Waals surface area contributed by atoms with Gasteiger partial charge in [-0.2, -0.15) is 0 Å². The molecule has 0 bridgehead atoms. The highest BCUT2D eigenvalue weighted by Crippen LogP contribution is 2.34. The Balaban J connectivity index is 1.36. The molecule has 1 aromatic heterocycles. The molecule has 0 saturated carbocycles. The number of nitrogens with zero attached hydrogens (tertiary/aromatic N) is 1. The number of likely N-dealkylation sites (tertiary alicyclic amines) is 1. The molecule has 10 heteroatoms. The Hall–Kier alpha value is -2.88. The molecular formula is C28H33ClN4O4S. The monoisotopic (exact) mass is 556 g/mol. The summed E-state index contributed by atoms with van der Waals surface area (Å²) in [5.74, 6) is -0.641. The predicted molar refractivity (Wildman–Crippen MR) is 149 cm³/mol. The molecule has 2 amide bonds. The van der Waals surface area contributed by atoms with Crippen molar-refractivity contribution in [3.05, 3.63) is 75.8 Å². The van der Waals surface area contributed by atoms with Crippen LogP contribution in [-0.4, -0.2) is 72.7 Å². The average molecular weight is 557 g/mol. The fraction of sp³-hybridized carbons (Fsp3) is 0.429. The molecule has 0 spiro atoms. The third-order valence-corrected chi connectivity index (χ3v) is 9.62. The number of amides is 2. The smallest absolute Gasteiger partial charge is 0.256 e. The van der Waals surface area contributed by atoms with E-state index in [2.05, 4.69) is 20.5 Å². The lowest BCUT2D eigenvalue weighted by Gasteiger charge is -2.19. The van der Waals surface area contributed by atoms with E-state index in [0.717, 1.165) is 25.3 Å². The highest BCUT2D eigenvalue weighted by Gasteiger charge is 2.35. The number of carbonyl (C=O) groups is 2. The number of carbonyl (C=O) groups excluding carboxylic acids is 2. The van der Waals surface area contributed by atoms with Crippen molar-refractivity contribution in [1.29, 1.82) is 0 Å². The van der Waals surface area contributed by atoms with Gasteiger partial charge >= 0.3 is 0 Å². The number of allylic oxidation sites excluding steroid dienone is 5. The number of H-pyrrole nitrogens is 1. The molecule has 2 atom stereocenters. The fourth-order valence-corrected chi connectivity index (χ4v) is 7.24. The van der Waals surface area contributed by atoms with Crippen molar-refractivity contribution < 1.29 is 18.0 Å². The van der Waals surface area contributed by atoms with Gasteiger partial charge in [0, 0.05) is 30.1 Å². The van der Waals surface area contributed by atoms with E-state index in [1.165, 1.54) is 12.8 Å². The second-order valence-electron chi connectivity index (χ2n) is 10.3. The summed E-state index contributed by atoms with van der Waals surface area (Å²) in [6.07, 6.45) is 13.9. The van der Waals surface area contributed by atoms with Crippen LogP contribution in [0.5, 0.6) is 0 Å². The van der Waals surface area contributed by atoms with Gasteiger partial charge in [0.2, 0.25) is 0 Å². The molecule has 38 heavy (non-hydrogen) atoms. The van der Waals surface area contributed by atoms with Crippen LogP contribution in [-0.2, 0) is 14.6 Å². The standard InChI is InChI=1S/C28H33ClN4O4S/c1-18-13-24(27(34)30-9-12-33-10-2-3-11-33)26(31-18)16-23-22-15-21(7-8-25(22)32-28(23)35)38(36,37)17-19-5-4-6-20(29)14-19/h4-5,8,13-16,20-21,31H,2-3,6-7,9-12,17H2,1H3,(H,30,34)(H,32,35). The first-order chi connectivity index (χ1) is 18.2. The maximum absolute atomic E-state index is 13.3. The number of fused-ring (bicyclic) bond motifs is 1. The van der Waals surface area contributed by atoms with Crippen molar-refractivity contribution in [2.45, 2.75) is 43.2 Å². The molecule has 0 radical (unpaired) electrons. The molecule has 2 aliphatic heterocycles. The van der Waals surface area contributed by atoms with E-state index in [1.807, 2.05) is 19.1 Å². The number of aromatic amines is 1. The minimum absolute atomic E-state index is 0.109. The minimum Gasteiger partial charge on any atom is -0.358 e. The van der Waals surface area contributed by atoms with E-state index in [4.69, 9.17) is 11.6 Å². The largest absolute Gasteiger partial charge is 0.358 e. The Bertz CT molecular complexity index is 1390. The average Bonchev–Trinajstić information content (AvgIpc) is 3.58. The molecule has 2 fully saturated rings. The third-order valence-electron chi connectivity index (χ3n) is 7.33. The van der Waals surface area contributed by atoms with Crippen LogP contribution in [0.3, 0.4) is 0 Å². The predicted octanol–water partition coefficient (Wildman–Crippen LogP) is 3.15. The van der Waals surface area contributed by atoms with E-state index < -0.39 is 15.1 Å². The third kappa shape index (κ3) is 5.90. The summed E-state index contributed by atoms with van der Waals surface area (Å²) in [5.41, 5.74) is 3.93. The summed E-state index contributed by atoms with van der Waals surface area (Å²) in [5, 5.41) is 4.85. The van der Waals surface area contributed by atoms with Gasteiger partial charge in [0.05, 0.1) is 33.2 Å². The first kappa shape index (κ1) is 26.7. The van der Waals surface area contributed by atoms with Crippen molar-refractivity contribution >= 4 is 39.3 Å². The second kappa shape index (κ2) is 11.1. The Kier molecular flexibility index (Phi) is 7.79. The normalized spacial score (nSPS) is 24.6. The topological polar surface area (TPSA) is 111 Å². The Morgan fingerprint density at radius 2 is 2.03 bits per heavy atom. The van der Waals surface area contributed by atoms with Gasteiger partial charge in [0.25, 0.3) is 11.8 Å². The molecule has 3 N–H and O–H groups in total. The lowest BCUT2D eigenvalue weighted by Crippen LogP contribution is -2.33. The summed E-state index contributed by atoms with van der Waals surface area (Å²) in [7, 11) is -3.54. The van der Waals surface area contributed by atoms with Gasteiger partial charge < -0.3 is 20.5 Å². The molecule has 2 unspecified atom stereocenters. The van der Waals surface area contributed by atoms with Crippen LogP contribution >= 0.6 is 11.6 Å². The number of aryl methyl sites for hydroxylation is 1. The Labute approximate surface area is 228 Å². The minimum atomic E-state index is -3.54. The van der Waals surface area contributed by atoms with Gasteiger partial charge in [-0.3, -0.25) is 9.59 Å². The van der Waals surface area contributed by atoms with Crippen LogP contribution in [0.2, 0.25) is 0 Å². The summed E-state index contributed by atoms with van der Waals surface area (Å²) in [4.78, 5) is 31.4. The van der Waals surface area contributed by atoms with Crippen molar-refractivity contribution in [2.24, 2.45) is 0 Å². The first-order valence-electron chi connectivity index (χ1n) is 13.1. The highest BCUT2D eigenvalue weighted by atomic mass is 35.5. The zero-order valence-corrected chi connectivity index (χ0v) is 23.0. The van der Waals surface area contributed by atoms with Gasteiger partial charge in [0.1, 0.15) is 0 Å². The maximum atomic E-state index is 13.3. The molecule has 0 aromatic carbocycles.